The molecule has 1 N–H and O–H groups in total. The van der Waals surface area contributed by atoms with E-state index in [1.165, 1.54) is 44.9 Å². The van der Waals surface area contributed by atoms with Crippen molar-refractivity contribution >= 4 is 0 Å². The number of hydrogen-bond acceptors (Lipinski definition) is 2. The van der Waals surface area contributed by atoms with Gasteiger partial charge in [0.1, 0.15) is 0 Å². The monoisotopic (exact) mass is 244 g/mol. The number of unbranched alkanes of at least 4 members (excludes halogenated alkanes) is 7. The molecule has 0 aromatic carbocycles. The fraction of sp³-hybridized carbons (Fsp3) is 1.00. The summed E-state index contributed by atoms with van der Waals surface area (Å²) in [6.45, 7) is 4.31. The van der Waals surface area contributed by atoms with E-state index in [-0.39, 0.29) is 12.2 Å². The second-order valence-electron chi connectivity index (χ2n) is 5.01. The predicted octanol–water partition coefficient (Wildman–Crippen LogP) is 4.30. The molecular weight excluding hydrogens is 212 g/mol. The number of methoxy groups -OCH3 is 1. The minimum atomic E-state index is -0.273. The van der Waals surface area contributed by atoms with Gasteiger partial charge in [-0.2, -0.15) is 0 Å². The molecule has 2 heteroatoms. The van der Waals surface area contributed by atoms with Crippen LogP contribution in [0.2, 0.25) is 0 Å². The Balaban J connectivity index is 3.27. The summed E-state index contributed by atoms with van der Waals surface area (Å²) < 4.78 is 5.23. The second kappa shape index (κ2) is 12.4. The van der Waals surface area contributed by atoms with Crippen molar-refractivity contribution < 1.29 is 9.84 Å². The standard InChI is InChI=1S/C15H32O2/c1-4-6-7-8-9-10-11-12-13-14(16)15(5-2)17-3/h14-16H,4-13H2,1-3H3. The van der Waals surface area contributed by atoms with Gasteiger partial charge < -0.3 is 9.84 Å². The summed E-state index contributed by atoms with van der Waals surface area (Å²) in [5.74, 6) is 0. The van der Waals surface area contributed by atoms with E-state index < -0.39 is 0 Å². The number of aliphatic hydroxyl groups is 1. The Bertz CT molecular complexity index is 144. The van der Waals surface area contributed by atoms with Crippen molar-refractivity contribution in [1.29, 1.82) is 0 Å². The second-order valence-corrected chi connectivity index (χ2v) is 5.01. The number of hydrogen-bond donors (Lipinski definition) is 1. The maximum Gasteiger partial charge on any atom is 0.0827 e. The van der Waals surface area contributed by atoms with Gasteiger partial charge in [-0.25, -0.2) is 0 Å². The molecule has 0 aliphatic carbocycles. The quantitative estimate of drug-likeness (QED) is 0.519. The third-order valence-electron chi connectivity index (χ3n) is 3.49. The van der Waals surface area contributed by atoms with Gasteiger partial charge in [0.05, 0.1) is 12.2 Å². The molecule has 2 nitrogen and oxygen atoms in total. The molecular formula is C15H32O2. The van der Waals surface area contributed by atoms with E-state index in [1.54, 1.807) is 7.11 Å². The Hall–Kier alpha value is -0.0800. The van der Waals surface area contributed by atoms with Crippen molar-refractivity contribution in [3.63, 3.8) is 0 Å². The third-order valence-corrected chi connectivity index (χ3v) is 3.49. The van der Waals surface area contributed by atoms with Crippen molar-refractivity contribution in [2.24, 2.45) is 0 Å². The van der Waals surface area contributed by atoms with Crippen LogP contribution in [0.3, 0.4) is 0 Å². The number of rotatable bonds is 12. The lowest BCUT2D eigenvalue weighted by atomic mass is 10.0. The molecule has 2 unspecified atom stereocenters. The maximum atomic E-state index is 9.86. The van der Waals surface area contributed by atoms with Crippen LogP contribution in [0.1, 0.15) is 78.1 Å². The minimum Gasteiger partial charge on any atom is -0.390 e. The van der Waals surface area contributed by atoms with Gasteiger partial charge in [-0.1, -0.05) is 65.2 Å². The first-order valence-electron chi connectivity index (χ1n) is 7.47. The summed E-state index contributed by atoms with van der Waals surface area (Å²) in [5, 5.41) is 9.86. The van der Waals surface area contributed by atoms with Crippen LogP contribution in [-0.2, 0) is 4.74 Å². The summed E-state index contributed by atoms with van der Waals surface area (Å²) in [5.41, 5.74) is 0. The molecule has 0 saturated heterocycles. The topological polar surface area (TPSA) is 29.5 Å². The van der Waals surface area contributed by atoms with Gasteiger partial charge in [-0.15, -0.1) is 0 Å². The summed E-state index contributed by atoms with van der Waals surface area (Å²) in [6.07, 6.45) is 12.1. The molecule has 0 aliphatic rings. The summed E-state index contributed by atoms with van der Waals surface area (Å²) in [7, 11) is 1.69. The van der Waals surface area contributed by atoms with Gasteiger partial charge in [0.15, 0.2) is 0 Å². The lowest BCUT2D eigenvalue weighted by molar-refractivity contribution is -0.0182. The molecule has 0 spiro atoms. The molecule has 0 aromatic heterocycles. The Morgan fingerprint density at radius 1 is 0.882 bits per heavy atom. The van der Waals surface area contributed by atoms with Gasteiger partial charge in [0.2, 0.25) is 0 Å². The lowest BCUT2D eigenvalue weighted by Gasteiger charge is -2.19. The van der Waals surface area contributed by atoms with E-state index in [2.05, 4.69) is 13.8 Å². The summed E-state index contributed by atoms with van der Waals surface area (Å²) >= 11 is 0. The molecule has 104 valence electrons. The average Bonchev–Trinajstić information content (AvgIpc) is 2.34. The first-order valence-corrected chi connectivity index (χ1v) is 7.47. The fourth-order valence-electron chi connectivity index (χ4n) is 2.27. The first-order chi connectivity index (χ1) is 8.26. The maximum absolute atomic E-state index is 9.86. The van der Waals surface area contributed by atoms with Crippen LogP contribution < -0.4 is 0 Å². The Kier molecular flexibility index (Phi) is 12.3. The van der Waals surface area contributed by atoms with Crippen molar-refractivity contribution in [2.45, 2.75) is 90.3 Å². The number of aliphatic hydroxyl groups excluding tert-OH is 1. The molecule has 17 heavy (non-hydrogen) atoms. The van der Waals surface area contributed by atoms with Gasteiger partial charge in [-0.3, -0.25) is 0 Å². The molecule has 0 rings (SSSR count). The SMILES string of the molecule is CCCCCCCCCCC(O)C(CC)OC. The highest BCUT2D eigenvalue weighted by atomic mass is 16.5. The zero-order chi connectivity index (χ0) is 12.9. The summed E-state index contributed by atoms with van der Waals surface area (Å²) in [4.78, 5) is 0. The van der Waals surface area contributed by atoms with Crippen molar-refractivity contribution in [3.05, 3.63) is 0 Å². The van der Waals surface area contributed by atoms with Crippen LogP contribution in [0, 0.1) is 0 Å². The van der Waals surface area contributed by atoms with Gasteiger partial charge >= 0.3 is 0 Å². The Labute approximate surface area is 108 Å². The van der Waals surface area contributed by atoms with Crippen molar-refractivity contribution in [2.75, 3.05) is 7.11 Å². The third kappa shape index (κ3) is 9.61. The molecule has 0 fully saturated rings. The van der Waals surface area contributed by atoms with Gasteiger partial charge in [0, 0.05) is 7.11 Å². The molecule has 0 aromatic rings. The number of ether oxygens (including phenoxy) is 1. The van der Waals surface area contributed by atoms with Crippen LogP contribution in [0.4, 0.5) is 0 Å². The van der Waals surface area contributed by atoms with Gasteiger partial charge in [-0.05, 0) is 12.8 Å². The van der Waals surface area contributed by atoms with Crippen molar-refractivity contribution in [3.8, 4) is 0 Å². The molecule has 0 bridgehead atoms. The molecule has 0 amide bonds. The van der Waals surface area contributed by atoms with E-state index in [0.29, 0.717) is 0 Å². The van der Waals surface area contributed by atoms with Crippen LogP contribution >= 0.6 is 0 Å². The normalized spacial score (nSPS) is 14.8. The molecule has 2 atom stereocenters. The lowest BCUT2D eigenvalue weighted by Crippen LogP contribution is -2.27. The minimum absolute atomic E-state index is 0.0274. The zero-order valence-corrected chi connectivity index (χ0v) is 12.1. The predicted molar refractivity (Wildman–Crippen MR) is 74.3 cm³/mol. The molecule has 0 saturated carbocycles. The van der Waals surface area contributed by atoms with E-state index in [1.807, 2.05) is 0 Å². The highest BCUT2D eigenvalue weighted by Crippen LogP contribution is 2.13. The first kappa shape index (κ1) is 16.9. The summed E-state index contributed by atoms with van der Waals surface area (Å²) in [6, 6.07) is 0. The average molecular weight is 244 g/mol. The van der Waals surface area contributed by atoms with Crippen LogP contribution in [0.25, 0.3) is 0 Å². The Morgan fingerprint density at radius 2 is 1.41 bits per heavy atom. The largest absolute Gasteiger partial charge is 0.390 e. The van der Waals surface area contributed by atoms with E-state index >= 15 is 0 Å². The zero-order valence-electron chi connectivity index (χ0n) is 12.1. The molecule has 0 aliphatic heterocycles. The van der Waals surface area contributed by atoms with Crippen LogP contribution in [0.15, 0.2) is 0 Å². The Morgan fingerprint density at radius 3 is 1.88 bits per heavy atom. The smallest absolute Gasteiger partial charge is 0.0827 e. The van der Waals surface area contributed by atoms with Crippen LogP contribution in [0.5, 0.6) is 0 Å². The molecule has 0 heterocycles. The highest BCUT2D eigenvalue weighted by Gasteiger charge is 2.15. The van der Waals surface area contributed by atoms with E-state index in [4.69, 9.17) is 4.74 Å². The highest BCUT2D eigenvalue weighted by molar-refractivity contribution is 4.66. The van der Waals surface area contributed by atoms with E-state index in [0.717, 1.165) is 19.3 Å². The van der Waals surface area contributed by atoms with E-state index in [9.17, 15) is 5.11 Å². The van der Waals surface area contributed by atoms with Gasteiger partial charge in [0.25, 0.3) is 0 Å². The van der Waals surface area contributed by atoms with Crippen LogP contribution in [-0.4, -0.2) is 24.4 Å². The molecule has 0 radical (unpaired) electrons. The fourth-order valence-corrected chi connectivity index (χ4v) is 2.27. The van der Waals surface area contributed by atoms with Crippen molar-refractivity contribution in [1.82, 2.24) is 0 Å².